The fraction of sp³-hybridized carbons (Fsp3) is 0.529. The monoisotopic (exact) mass is 401 g/mol. The van der Waals surface area contributed by atoms with Crippen LogP contribution in [0, 0.1) is 5.41 Å². The highest BCUT2D eigenvalue weighted by atomic mass is 35.5. The minimum absolute atomic E-state index is 0.190. The highest BCUT2D eigenvalue weighted by Gasteiger charge is 2.40. The first-order chi connectivity index (χ1) is 11.5. The molecule has 0 saturated heterocycles. The van der Waals surface area contributed by atoms with Gasteiger partial charge in [-0.3, -0.25) is 5.10 Å². The molecule has 0 aliphatic heterocycles. The lowest BCUT2D eigenvalue weighted by atomic mass is 9.85. The number of nitrogens with zero attached hydrogens (tertiary/aromatic N) is 2. The first-order valence-electron chi connectivity index (χ1n) is 8.12. The fourth-order valence-electron chi connectivity index (χ4n) is 2.39. The molecule has 0 amide bonds. The van der Waals surface area contributed by atoms with Crippen LogP contribution < -0.4 is 4.74 Å². The Hall–Kier alpha value is -1.08. The van der Waals surface area contributed by atoms with Gasteiger partial charge >= 0.3 is 0 Å². The highest BCUT2D eigenvalue weighted by molar-refractivity contribution is 6.69. The third-order valence-electron chi connectivity index (χ3n) is 3.45. The summed E-state index contributed by atoms with van der Waals surface area (Å²) in [7, 11) is -1.84. The van der Waals surface area contributed by atoms with Gasteiger partial charge in [0.15, 0.2) is 20.2 Å². The first-order valence-corrected chi connectivity index (χ1v) is 12.3. The van der Waals surface area contributed by atoms with Crippen LogP contribution in [0.25, 0.3) is 0 Å². The number of benzene rings is 1. The van der Waals surface area contributed by atoms with E-state index in [1.807, 2.05) is 0 Å². The van der Waals surface area contributed by atoms with Crippen LogP contribution in [0.15, 0.2) is 24.5 Å². The third-order valence-corrected chi connectivity index (χ3v) is 4.94. The number of hydrogen-bond donors (Lipinski definition) is 1. The number of rotatable bonds is 6. The number of aromatic amines is 1. The molecule has 0 bridgehead atoms. The van der Waals surface area contributed by atoms with E-state index >= 15 is 0 Å². The molecule has 0 fully saturated rings. The van der Waals surface area contributed by atoms with Crippen LogP contribution in [0.5, 0.6) is 5.75 Å². The molecule has 0 radical (unpaired) electrons. The van der Waals surface area contributed by atoms with Crippen molar-refractivity contribution in [2.24, 2.45) is 5.41 Å². The van der Waals surface area contributed by atoms with Crippen LogP contribution in [0.1, 0.15) is 32.7 Å². The molecule has 1 heterocycles. The standard InChI is InChI=1S/C17H25Cl2N3O2Si/c1-17(2,3)15(24-25(4,5)6)14(16-20-10-21-22-16)23-13-8-7-11(18)9-12(13)19/h7-10,14-15H,1-6H3,(H,20,21,22). The van der Waals surface area contributed by atoms with Gasteiger partial charge < -0.3 is 9.16 Å². The predicted molar refractivity (Wildman–Crippen MR) is 104 cm³/mol. The second kappa shape index (κ2) is 7.66. The number of halogens is 2. The van der Waals surface area contributed by atoms with Gasteiger partial charge in [0, 0.05) is 5.02 Å². The highest BCUT2D eigenvalue weighted by Crippen LogP contribution is 2.38. The molecule has 138 valence electrons. The molecule has 2 rings (SSSR count). The fourth-order valence-corrected chi connectivity index (χ4v) is 4.08. The normalized spacial score (nSPS) is 15.0. The van der Waals surface area contributed by atoms with Gasteiger partial charge in [-0.05, 0) is 43.3 Å². The topological polar surface area (TPSA) is 60.0 Å². The van der Waals surface area contributed by atoms with E-state index in [9.17, 15) is 0 Å². The summed E-state index contributed by atoms with van der Waals surface area (Å²) in [6.45, 7) is 12.8. The van der Waals surface area contributed by atoms with Gasteiger partial charge in [0.25, 0.3) is 0 Å². The molecule has 1 aromatic heterocycles. The van der Waals surface area contributed by atoms with Crippen molar-refractivity contribution in [1.82, 2.24) is 15.2 Å². The molecule has 2 atom stereocenters. The minimum atomic E-state index is -1.84. The summed E-state index contributed by atoms with van der Waals surface area (Å²) >= 11 is 12.3. The smallest absolute Gasteiger partial charge is 0.193 e. The van der Waals surface area contributed by atoms with E-state index in [1.165, 1.54) is 6.33 Å². The SMILES string of the molecule is CC(C)(C)C(O[Si](C)(C)C)C(Oc1ccc(Cl)cc1Cl)c1nc[nH]n1. The van der Waals surface area contributed by atoms with Crippen molar-refractivity contribution in [1.29, 1.82) is 0 Å². The molecule has 1 aromatic carbocycles. The molecule has 2 aromatic rings. The van der Waals surface area contributed by atoms with Crippen LogP contribution >= 0.6 is 23.2 Å². The number of ether oxygens (including phenoxy) is 1. The summed E-state index contributed by atoms with van der Waals surface area (Å²) in [5.41, 5.74) is -0.190. The Bertz CT molecular complexity index is 697. The van der Waals surface area contributed by atoms with Gasteiger partial charge in [0.1, 0.15) is 12.1 Å². The Kier molecular flexibility index (Phi) is 6.20. The maximum absolute atomic E-state index is 6.47. The second-order valence-electron chi connectivity index (χ2n) is 7.99. The summed E-state index contributed by atoms with van der Waals surface area (Å²) in [5, 5.41) is 7.97. The van der Waals surface area contributed by atoms with Crippen molar-refractivity contribution >= 4 is 31.5 Å². The van der Waals surface area contributed by atoms with Crippen molar-refractivity contribution in [3.05, 3.63) is 40.4 Å². The predicted octanol–water partition coefficient (Wildman–Crippen LogP) is 5.50. The summed E-state index contributed by atoms with van der Waals surface area (Å²) < 4.78 is 12.7. The Morgan fingerprint density at radius 2 is 1.84 bits per heavy atom. The van der Waals surface area contributed by atoms with Crippen LogP contribution in [0.2, 0.25) is 29.7 Å². The lowest BCUT2D eigenvalue weighted by Crippen LogP contribution is -2.45. The average molecular weight is 402 g/mol. The average Bonchev–Trinajstić information content (AvgIpc) is 2.96. The van der Waals surface area contributed by atoms with E-state index in [1.54, 1.807) is 18.2 Å². The molecule has 1 N–H and O–H groups in total. The minimum Gasteiger partial charge on any atom is -0.478 e. The van der Waals surface area contributed by atoms with E-state index in [-0.39, 0.29) is 11.5 Å². The number of nitrogens with one attached hydrogen (secondary N) is 1. The summed E-state index contributed by atoms with van der Waals surface area (Å²) in [5.74, 6) is 1.05. The Labute approximate surface area is 160 Å². The largest absolute Gasteiger partial charge is 0.478 e. The number of aromatic nitrogens is 3. The van der Waals surface area contributed by atoms with Gasteiger partial charge in [0.2, 0.25) is 0 Å². The lowest BCUT2D eigenvalue weighted by molar-refractivity contribution is -0.0242. The molecule has 0 spiro atoms. The van der Waals surface area contributed by atoms with Gasteiger partial charge in [-0.25, -0.2) is 4.98 Å². The van der Waals surface area contributed by atoms with E-state index in [0.29, 0.717) is 21.6 Å². The maximum Gasteiger partial charge on any atom is 0.193 e. The van der Waals surface area contributed by atoms with Crippen molar-refractivity contribution in [2.75, 3.05) is 0 Å². The molecule has 0 aliphatic rings. The zero-order valence-corrected chi connectivity index (χ0v) is 17.9. The molecule has 0 aliphatic carbocycles. The van der Waals surface area contributed by atoms with Crippen molar-refractivity contribution in [3.63, 3.8) is 0 Å². The number of H-pyrrole nitrogens is 1. The molecular weight excluding hydrogens is 377 g/mol. The van der Waals surface area contributed by atoms with E-state index < -0.39 is 14.4 Å². The molecule has 5 nitrogen and oxygen atoms in total. The molecule has 0 saturated carbocycles. The molecule has 8 heteroatoms. The van der Waals surface area contributed by atoms with Crippen molar-refractivity contribution in [2.45, 2.75) is 52.6 Å². The van der Waals surface area contributed by atoms with E-state index in [0.717, 1.165) is 0 Å². The van der Waals surface area contributed by atoms with Crippen molar-refractivity contribution < 1.29 is 9.16 Å². The third kappa shape index (κ3) is 5.71. The van der Waals surface area contributed by atoms with Crippen LogP contribution in [0.3, 0.4) is 0 Å². The Morgan fingerprint density at radius 3 is 2.32 bits per heavy atom. The molecule has 2 unspecified atom stereocenters. The van der Waals surface area contributed by atoms with Gasteiger partial charge in [-0.2, -0.15) is 5.10 Å². The van der Waals surface area contributed by atoms with Crippen LogP contribution in [-0.4, -0.2) is 29.6 Å². The Morgan fingerprint density at radius 1 is 1.16 bits per heavy atom. The first kappa shape index (κ1) is 20.2. The van der Waals surface area contributed by atoms with E-state index in [4.69, 9.17) is 32.4 Å². The van der Waals surface area contributed by atoms with Crippen LogP contribution in [-0.2, 0) is 4.43 Å². The van der Waals surface area contributed by atoms with Crippen LogP contribution in [0.4, 0.5) is 0 Å². The summed E-state index contributed by atoms with van der Waals surface area (Å²) in [4.78, 5) is 4.30. The van der Waals surface area contributed by atoms with Gasteiger partial charge in [0.05, 0.1) is 11.1 Å². The quantitative estimate of drug-likeness (QED) is 0.649. The maximum atomic E-state index is 6.47. The van der Waals surface area contributed by atoms with Gasteiger partial charge in [-0.15, -0.1) is 0 Å². The lowest BCUT2D eigenvalue weighted by Gasteiger charge is -2.39. The van der Waals surface area contributed by atoms with E-state index in [2.05, 4.69) is 55.6 Å². The second-order valence-corrected chi connectivity index (χ2v) is 13.3. The molecular formula is C17H25Cl2N3O2Si. The number of hydrogen-bond acceptors (Lipinski definition) is 4. The van der Waals surface area contributed by atoms with Gasteiger partial charge in [-0.1, -0.05) is 44.0 Å². The zero-order chi connectivity index (χ0) is 18.8. The zero-order valence-electron chi connectivity index (χ0n) is 15.4. The molecule has 25 heavy (non-hydrogen) atoms. The Balaban J connectivity index is 2.43. The summed E-state index contributed by atoms with van der Waals surface area (Å²) in [6, 6.07) is 5.14. The summed E-state index contributed by atoms with van der Waals surface area (Å²) in [6.07, 6.45) is 0.780. The van der Waals surface area contributed by atoms with Crippen molar-refractivity contribution in [3.8, 4) is 5.75 Å².